The third-order valence-electron chi connectivity index (χ3n) is 1.87. The number of hydrogen-bond donors (Lipinski definition) is 1. The molecule has 90 valence electrons. The van der Waals surface area contributed by atoms with E-state index in [4.69, 9.17) is 0 Å². The number of nitrogens with one attached hydrogen (secondary N) is 1. The van der Waals surface area contributed by atoms with E-state index in [0.717, 1.165) is 5.01 Å². The first kappa shape index (κ1) is 13.1. The van der Waals surface area contributed by atoms with Gasteiger partial charge in [-0.25, -0.2) is 0 Å². The fraction of sp³-hybridized carbons (Fsp3) is 0.727. The SMILES string of the molecule is CC(C)c1nnc(NC(=O)CC(C)(C)C)s1. The van der Waals surface area contributed by atoms with E-state index in [1.165, 1.54) is 11.3 Å². The maximum absolute atomic E-state index is 11.6. The molecule has 0 aliphatic heterocycles. The van der Waals surface area contributed by atoms with Crippen molar-refractivity contribution < 1.29 is 4.79 Å². The molecule has 0 aliphatic carbocycles. The van der Waals surface area contributed by atoms with Crippen LogP contribution in [0.25, 0.3) is 0 Å². The van der Waals surface area contributed by atoms with Crippen molar-refractivity contribution in [2.75, 3.05) is 5.32 Å². The monoisotopic (exact) mass is 241 g/mol. The molecule has 1 heterocycles. The molecule has 4 nitrogen and oxygen atoms in total. The average Bonchev–Trinajstić information content (AvgIpc) is 2.48. The Hall–Kier alpha value is -0.970. The quantitative estimate of drug-likeness (QED) is 0.885. The molecule has 0 atom stereocenters. The number of rotatable bonds is 3. The van der Waals surface area contributed by atoms with Crippen LogP contribution in [0.3, 0.4) is 0 Å². The Kier molecular flexibility index (Phi) is 4.02. The first-order valence-corrected chi connectivity index (χ1v) is 6.23. The van der Waals surface area contributed by atoms with Crippen LogP contribution in [0.4, 0.5) is 5.13 Å². The summed E-state index contributed by atoms with van der Waals surface area (Å²) in [5.41, 5.74) is -0.00432. The van der Waals surface area contributed by atoms with Crippen LogP contribution in [0, 0.1) is 5.41 Å². The van der Waals surface area contributed by atoms with Crippen molar-refractivity contribution in [3.8, 4) is 0 Å². The Labute approximate surface area is 100 Å². The molecule has 1 amide bonds. The summed E-state index contributed by atoms with van der Waals surface area (Å²) in [5.74, 6) is 0.352. The van der Waals surface area contributed by atoms with Gasteiger partial charge in [0.15, 0.2) is 0 Å². The Morgan fingerprint density at radius 2 is 2.00 bits per heavy atom. The first-order chi connectivity index (χ1) is 7.28. The van der Waals surface area contributed by atoms with Crippen LogP contribution in [-0.4, -0.2) is 16.1 Å². The highest BCUT2D eigenvalue weighted by atomic mass is 32.1. The van der Waals surface area contributed by atoms with Gasteiger partial charge in [-0.2, -0.15) is 0 Å². The normalized spacial score (nSPS) is 11.9. The molecule has 0 unspecified atom stereocenters. The second kappa shape index (κ2) is 4.91. The number of amides is 1. The minimum absolute atomic E-state index is 0.000967. The van der Waals surface area contributed by atoms with E-state index in [-0.39, 0.29) is 11.3 Å². The molecule has 16 heavy (non-hydrogen) atoms. The largest absolute Gasteiger partial charge is 0.301 e. The lowest BCUT2D eigenvalue weighted by atomic mass is 9.92. The van der Waals surface area contributed by atoms with Gasteiger partial charge in [-0.05, 0) is 5.41 Å². The molecule has 5 heteroatoms. The molecule has 0 aliphatic rings. The summed E-state index contributed by atoms with van der Waals surface area (Å²) in [4.78, 5) is 11.6. The van der Waals surface area contributed by atoms with Crippen molar-refractivity contribution in [2.24, 2.45) is 5.41 Å². The van der Waals surface area contributed by atoms with Gasteiger partial charge in [0.05, 0.1) is 0 Å². The Morgan fingerprint density at radius 3 is 2.44 bits per heavy atom. The lowest BCUT2D eigenvalue weighted by molar-refractivity contribution is -0.117. The van der Waals surface area contributed by atoms with Gasteiger partial charge >= 0.3 is 0 Å². The van der Waals surface area contributed by atoms with Gasteiger partial charge in [0.25, 0.3) is 0 Å². The van der Waals surface area contributed by atoms with Crippen LogP contribution < -0.4 is 5.32 Å². The topological polar surface area (TPSA) is 54.9 Å². The standard InChI is InChI=1S/C11H19N3OS/c1-7(2)9-13-14-10(16-9)12-8(15)6-11(3,4)5/h7H,6H2,1-5H3,(H,12,14,15). The summed E-state index contributed by atoms with van der Waals surface area (Å²) >= 11 is 1.44. The van der Waals surface area contributed by atoms with E-state index >= 15 is 0 Å². The Morgan fingerprint density at radius 1 is 1.38 bits per heavy atom. The van der Waals surface area contributed by atoms with Gasteiger partial charge < -0.3 is 5.32 Å². The van der Waals surface area contributed by atoms with Crippen molar-refractivity contribution in [1.29, 1.82) is 0 Å². The molecule has 0 spiro atoms. The van der Waals surface area contributed by atoms with Crippen LogP contribution in [0.1, 0.15) is 52.0 Å². The third-order valence-corrected chi connectivity index (χ3v) is 3.01. The summed E-state index contributed by atoms with van der Waals surface area (Å²) < 4.78 is 0. The summed E-state index contributed by atoms with van der Waals surface area (Å²) in [6, 6.07) is 0. The van der Waals surface area contributed by atoms with E-state index < -0.39 is 0 Å². The van der Waals surface area contributed by atoms with E-state index in [0.29, 0.717) is 17.5 Å². The van der Waals surface area contributed by atoms with Crippen LogP contribution in [0.5, 0.6) is 0 Å². The highest BCUT2D eigenvalue weighted by Crippen LogP contribution is 2.24. The second-order valence-corrected chi connectivity index (χ2v) is 6.39. The molecule has 0 saturated carbocycles. The third kappa shape index (κ3) is 4.26. The van der Waals surface area contributed by atoms with Crippen molar-refractivity contribution in [1.82, 2.24) is 10.2 Å². The van der Waals surface area contributed by atoms with Gasteiger partial charge in [-0.15, -0.1) is 10.2 Å². The number of carbonyl (C=O) groups is 1. The minimum Gasteiger partial charge on any atom is -0.301 e. The van der Waals surface area contributed by atoms with Crippen LogP contribution in [0.15, 0.2) is 0 Å². The molecule has 0 bridgehead atoms. The zero-order chi connectivity index (χ0) is 12.3. The summed E-state index contributed by atoms with van der Waals surface area (Å²) in [6.45, 7) is 10.2. The van der Waals surface area contributed by atoms with Gasteiger partial charge in [-0.3, -0.25) is 4.79 Å². The number of aromatic nitrogens is 2. The molecule has 1 aromatic rings. The number of carbonyl (C=O) groups excluding carboxylic acids is 1. The Balaban J connectivity index is 2.57. The van der Waals surface area contributed by atoms with E-state index in [1.54, 1.807) is 0 Å². The number of hydrogen-bond acceptors (Lipinski definition) is 4. The van der Waals surface area contributed by atoms with Crippen molar-refractivity contribution in [3.05, 3.63) is 5.01 Å². The fourth-order valence-electron chi connectivity index (χ4n) is 1.16. The predicted molar refractivity (Wildman–Crippen MR) is 66.7 cm³/mol. The van der Waals surface area contributed by atoms with Gasteiger partial charge in [0, 0.05) is 12.3 Å². The molecular weight excluding hydrogens is 222 g/mol. The van der Waals surface area contributed by atoms with E-state index in [9.17, 15) is 4.79 Å². The molecule has 0 radical (unpaired) electrons. The first-order valence-electron chi connectivity index (χ1n) is 5.41. The van der Waals surface area contributed by atoms with Gasteiger partial charge in [-0.1, -0.05) is 46.0 Å². The molecule has 1 rings (SSSR count). The zero-order valence-electron chi connectivity index (χ0n) is 10.5. The van der Waals surface area contributed by atoms with Crippen LogP contribution >= 0.6 is 11.3 Å². The van der Waals surface area contributed by atoms with Crippen LogP contribution in [0.2, 0.25) is 0 Å². The predicted octanol–water partition coefficient (Wildman–Crippen LogP) is 3.04. The van der Waals surface area contributed by atoms with Crippen molar-refractivity contribution >= 4 is 22.4 Å². The highest BCUT2D eigenvalue weighted by Gasteiger charge is 2.17. The summed E-state index contributed by atoms with van der Waals surface area (Å²) in [6.07, 6.45) is 0.490. The van der Waals surface area contributed by atoms with Crippen molar-refractivity contribution in [3.63, 3.8) is 0 Å². The molecular formula is C11H19N3OS. The number of nitrogens with zero attached hydrogens (tertiary/aromatic N) is 2. The lowest BCUT2D eigenvalue weighted by Crippen LogP contribution is -2.19. The average molecular weight is 241 g/mol. The summed E-state index contributed by atoms with van der Waals surface area (Å²) in [5, 5.41) is 12.3. The zero-order valence-corrected chi connectivity index (χ0v) is 11.3. The molecule has 0 fully saturated rings. The molecule has 1 aromatic heterocycles. The molecule has 1 N–H and O–H groups in total. The minimum atomic E-state index is -0.00432. The maximum Gasteiger partial charge on any atom is 0.226 e. The van der Waals surface area contributed by atoms with Crippen LogP contribution in [-0.2, 0) is 4.79 Å². The maximum atomic E-state index is 11.6. The number of anilines is 1. The molecule has 0 saturated heterocycles. The van der Waals surface area contributed by atoms with Crippen molar-refractivity contribution in [2.45, 2.75) is 47.0 Å². The fourth-order valence-corrected chi connectivity index (χ4v) is 1.93. The summed E-state index contributed by atoms with van der Waals surface area (Å²) in [7, 11) is 0. The van der Waals surface area contributed by atoms with E-state index in [2.05, 4.69) is 29.4 Å². The molecule has 0 aromatic carbocycles. The smallest absolute Gasteiger partial charge is 0.226 e. The van der Waals surface area contributed by atoms with Gasteiger partial charge in [0.1, 0.15) is 5.01 Å². The van der Waals surface area contributed by atoms with Gasteiger partial charge in [0.2, 0.25) is 11.0 Å². The van der Waals surface area contributed by atoms with E-state index in [1.807, 2.05) is 20.8 Å². The highest BCUT2D eigenvalue weighted by molar-refractivity contribution is 7.15. The Bertz CT molecular complexity index is 366. The lowest BCUT2D eigenvalue weighted by Gasteiger charge is -2.16. The second-order valence-electron chi connectivity index (χ2n) is 5.39.